The van der Waals surface area contributed by atoms with E-state index in [0.717, 1.165) is 19.0 Å². The van der Waals surface area contributed by atoms with Gasteiger partial charge in [-0.2, -0.15) is 0 Å². The maximum Gasteiger partial charge on any atom is 0.00161 e. The van der Waals surface area contributed by atoms with E-state index in [-0.39, 0.29) is 0 Å². The molecule has 0 aromatic rings. The first kappa shape index (κ1) is 11.9. The summed E-state index contributed by atoms with van der Waals surface area (Å²) in [6.45, 7) is 9.86. The van der Waals surface area contributed by atoms with Gasteiger partial charge in [-0.15, -0.1) is 0 Å². The van der Waals surface area contributed by atoms with Gasteiger partial charge in [0.05, 0.1) is 0 Å². The first-order chi connectivity index (χ1) is 5.60. The monoisotopic (exact) mass is 172 g/mol. The summed E-state index contributed by atoms with van der Waals surface area (Å²) in [6, 6.07) is 0. The van der Waals surface area contributed by atoms with Gasteiger partial charge in [0.25, 0.3) is 0 Å². The average molecular weight is 172 g/mol. The molecule has 0 spiro atoms. The van der Waals surface area contributed by atoms with Crippen LogP contribution in [0.25, 0.3) is 0 Å². The number of hydrogen-bond donors (Lipinski definition) is 1. The summed E-state index contributed by atoms with van der Waals surface area (Å²) in [5.74, 6) is 1.43. The fourth-order valence-electron chi connectivity index (χ4n) is 1.34. The van der Waals surface area contributed by atoms with E-state index < -0.39 is 0 Å². The van der Waals surface area contributed by atoms with Crippen molar-refractivity contribution in [3.05, 3.63) is 0 Å². The molecule has 2 unspecified atom stereocenters. The Labute approximate surface area is 77.1 Å². The van der Waals surface area contributed by atoms with Crippen molar-refractivity contribution in [1.29, 1.82) is 0 Å². The summed E-state index contributed by atoms with van der Waals surface area (Å²) < 4.78 is 0. The summed E-state index contributed by atoms with van der Waals surface area (Å²) in [5.41, 5.74) is 5.56. The molecule has 0 aliphatic carbocycles. The number of nitrogens with two attached hydrogens (primary N) is 1. The molecule has 0 aromatic carbocycles. The van der Waals surface area contributed by atoms with Crippen LogP contribution in [0.3, 0.4) is 0 Å². The molecular weight excluding hydrogens is 148 g/mol. The van der Waals surface area contributed by atoms with Gasteiger partial charge in [0, 0.05) is 13.1 Å². The molecule has 0 fully saturated rings. The third-order valence-corrected chi connectivity index (χ3v) is 2.35. The number of hydrogen-bond acceptors (Lipinski definition) is 2. The molecule has 12 heavy (non-hydrogen) atoms. The second kappa shape index (κ2) is 6.44. The molecule has 2 atom stereocenters. The van der Waals surface area contributed by atoms with E-state index in [1.807, 2.05) is 0 Å². The Morgan fingerprint density at radius 3 is 2.08 bits per heavy atom. The Morgan fingerprint density at radius 2 is 1.67 bits per heavy atom. The zero-order valence-corrected chi connectivity index (χ0v) is 9.01. The molecule has 0 rings (SSSR count). The van der Waals surface area contributed by atoms with Crippen LogP contribution in [0, 0.1) is 11.8 Å². The van der Waals surface area contributed by atoms with Gasteiger partial charge in [-0.25, -0.2) is 0 Å². The lowest BCUT2D eigenvalue weighted by atomic mass is 10.1. The molecule has 0 saturated heterocycles. The minimum Gasteiger partial charge on any atom is -0.330 e. The maximum absolute atomic E-state index is 5.56. The molecule has 0 saturated carbocycles. The van der Waals surface area contributed by atoms with Gasteiger partial charge in [0.1, 0.15) is 0 Å². The molecule has 0 aliphatic heterocycles. The van der Waals surface area contributed by atoms with Crippen molar-refractivity contribution in [2.24, 2.45) is 17.6 Å². The first-order valence-corrected chi connectivity index (χ1v) is 4.98. The van der Waals surface area contributed by atoms with Gasteiger partial charge < -0.3 is 10.6 Å². The van der Waals surface area contributed by atoms with Crippen molar-refractivity contribution >= 4 is 0 Å². The fraction of sp³-hybridized carbons (Fsp3) is 1.00. The molecule has 0 bridgehead atoms. The topological polar surface area (TPSA) is 29.3 Å². The maximum atomic E-state index is 5.56. The van der Waals surface area contributed by atoms with Crippen molar-refractivity contribution in [1.82, 2.24) is 4.90 Å². The Kier molecular flexibility index (Phi) is 6.39. The molecule has 2 N–H and O–H groups in total. The van der Waals surface area contributed by atoms with E-state index in [4.69, 9.17) is 5.73 Å². The lowest BCUT2D eigenvalue weighted by molar-refractivity contribution is 0.250. The van der Waals surface area contributed by atoms with Crippen LogP contribution in [-0.2, 0) is 0 Å². The largest absolute Gasteiger partial charge is 0.330 e. The van der Waals surface area contributed by atoms with E-state index >= 15 is 0 Å². The van der Waals surface area contributed by atoms with Crippen LogP contribution >= 0.6 is 0 Å². The van der Waals surface area contributed by atoms with Crippen LogP contribution in [0.15, 0.2) is 0 Å². The van der Waals surface area contributed by atoms with Gasteiger partial charge in [-0.05, 0) is 25.4 Å². The predicted molar refractivity (Wildman–Crippen MR) is 55.2 cm³/mol. The summed E-state index contributed by atoms with van der Waals surface area (Å²) in [5, 5.41) is 0. The summed E-state index contributed by atoms with van der Waals surface area (Å²) in [6.07, 6.45) is 1.27. The van der Waals surface area contributed by atoms with E-state index in [2.05, 4.69) is 32.7 Å². The highest BCUT2D eigenvalue weighted by Gasteiger charge is 2.07. The van der Waals surface area contributed by atoms with Gasteiger partial charge in [-0.1, -0.05) is 27.2 Å². The Hall–Kier alpha value is -0.0800. The summed E-state index contributed by atoms with van der Waals surface area (Å²) >= 11 is 0. The van der Waals surface area contributed by atoms with E-state index in [9.17, 15) is 0 Å². The van der Waals surface area contributed by atoms with Crippen LogP contribution in [0.1, 0.15) is 27.2 Å². The Balaban J connectivity index is 3.51. The van der Waals surface area contributed by atoms with Crippen molar-refractivity contribution in [2.45, 2.75) is 27.2 Å². The predicted octanol–water partition coefficient (Wildman–Crippen LogP) is 1.56. The van der Waals surface area contributed by atoms with E-state index in [0.29, 0.717) is 5.92 Å². The standard InChI is InChI=1S/C10H24N2/c1-5-9(2)7-12(4)8-10(3)6-11/h9-10H,5-8,11H2,1-4H3. The normalized spacial score (nSPS) is 16.5. The van der Waals surface area contributed by atoms with Crippen LogP contribution in [0.5, 0.6) is 0 Å². The molecule has 0 radical (unpaired) electrons. The van der Waals surface area contributed by atoms with Gasteiger partial charge in [0.2, 0.25) is 0 Å². The summed E-state index contributed by atoms with van der Waals surface area (Å²) in [7, 11) is 2.18. The zero-order valence-electron chi connectivity index (χ0n) is 9.01. The Morgan fingerprint density at radius 1 is 1.17 bits per heavy atom. The molecule has 0 heterocycles. The molecular formula is C10H24N2. The third-order valence-electron chi connectivity index (χ3n) is 2.35. The van der Waals surface area contributed by atoms with Crippen LogP contribution < -0.4 is 5.73 Å². The Bertz CT molecular complexity index is 92.0. The summed E-state index contributed by atoms with van der Waals surface area (Å²) in [4.78, 5) is 2.38. The van der Waals surface area contributed by atoms with Crippen LogP contribution in [-0.4, -0.2) is 31.6 Å². The number of rotatable bonds is 6. The van der Waals surface area contributed by atoms with Crippen LogP contribution in [0.2, 0.25) is 0 Å². The van der Waals surface area contributed by atoms with Gasteiger partial charge in [0.15, 0.2) is 0 Å². The zero-order chi connectivity index (χ0) is 9.56. The molecule has 2 heteroatoms. The highest BCUT2D eigenvalue weighted by Crippen LogP contribution is 2.04. The SMILES string of the molecule is CCC(C)CN(C)CC(C)CN. The lowest BCUT2D eigenvalue weighted by Crippen LogP contribution is -2.31. The van der Waals surface area contributed by atoms with Crippen molar-refractivity contribution in [3.8, 4) is 0 Å². The molecule has 0 aromatic heterocycles. The first-order valence-electron chi connectivity index (χ1n) is 4.98. The van der Waals surface area contributed by atoms with Crippen molar-refractivity contribution in [2.75, 3.05) is 26.7 Å². The van der Waals surface area contributed by atoms with Crippen molar-refractivity contribution in [3.63, 3.8) is 0 Å². The average Bonchev–Trinajstić information content (AvgIpc) is 2.03. The lowest BCUT2D eigenvalue weighted by Gasteiger charge is -2.23. The fourth-order valence-corrected chi connectivity index (χ4v) is 1.34. The van der Waals surface area contributed by atoms with Crippen LogP contribution in [0.4, 0.5) is 0 Å². The molecule has 0 amide bonds. The molecule has 0 aliphatic rings. The van der Waals surface area contributed by atoms with E-state index in [1.165, 1.54) is 13.0 Å². The highest BCUT2D eigenvalue weighted by atomic mass is 15.1. The second-order valence-electron chi connectivity index (χ2n) is 4.08. The third kappa shape index (κ3) is 5.56. The smallest absolute Gasteiger partial charge is 0.00161 e. The van der Waals surface area contributed by atoms with E-state index in [1.54, 1.807) is 0 Å². The quantitative estimate of drug-likeness (QED) is 0.659. The minimum absolute atomic E-state index is 0.624. The minimum atomic E-state index is 0.624. The van der Waals surface area contributed by atoms with Crippen molar-refractivity contribution < 1.29 is 0 Å². The van der Waals surface area contributed by atoms with Gasteiger partial charge >= 0.3 is 0 Å². The molecule has 74 valence electrons. The highest BCUT2D eigenvalue weighted by molar-refractivity contribution is 4.62. The second-order valence-corrected chi connectivity index (χ2v) is 4.08. The van der Waals surface area contributed by atoms with Gasteiger partial charge in [-0.3, -0.25) is 0 Å². The number of nitrogens with zero attached hydrogens (tertiary/aromatic N) is 1. The molecule has 2 nitrogen and oxygen atoms in total.